The van der Waals surface area contributed by atoms with E-state index in [1.165, 1.54) is 45.6 Å². The lowest BCUT2D eigenvalue weighted by Crippen LogP contribution is -2.39. The fourth-order valence-electron chi connectivity index (χ4n) is 1.66. The number of carbonyl (C=O) groups is 1. The predicted octanol–water partition coefficient (Wildman–Crippen LogP) is 3.36. The molecule has 1 saturated heterocycles. The Morgan fingerprint density at radius 1 is 0.700 bits per heavy atom. The Labute approximate surface area is 127 Å². The summed E-state index contributed by atoms with van der Waals surface area (Å²) in [6, 6.07) is 0. The number of nitrogens with one attached hydrogen (secondary N) is 2. The molecule has 1 aliphatic heterocycles. The minimum Gasteiger partial charge on any atom is -0.471 e. The quantitative estimate of drug-likeness (QED) is 0.727. The van der Waals surface area contributed by atoms with Crippen molar-refractivity contribution in [1.82, 2.24) is 10.6 Å². The van der Waals surface area contributed by atoms with Crippen molar-refractivity contribution in [3.05, 3.63) is 0 Å². The van der Waals surface area contributed by atoms with Crippen LogP contribution in [-0.4, -0.2) is 39.8 Å². The molecule has 124 valence electrons. The van der Waals surface area contributed by atoms with E-state index in [0.717, 1.165) is 26.2 Å². The largest absolute Gasteiger partial charge is 0.471 e. The minimum absolute atomic E-state index is 0.375. The van der Waals surface area contributed by atoms with Gasteiger partial charge in [0.25, 0.3) is 6.47 Å². The molecule has 2 aliphatic rings. The maximum atomic E-state index is 8.95. The smallest absolute Gasteiger partial charge is 0.292 e. The first-order chi connectivity index (χ1) is 9.91. The van der Waals surface area contributed by atoms with Crippen LogP contribution in [0.2, 0.25) is 0 Å². The first-order valence-electron chi connectivity index (χ1n) is 8.29. The van der Waals surface area contributed by atoms with E-state index in [-0.39, 0.29) is 0 Å². The summed E-state index contributed by atoms with van der Waals surface area (Å²) in [5.74, 6) is 0. The third-order valence-corrected chi connectivity index (χ3v) is 2.55. The second-order valence-corrected chi connectivity index (χ2v) is 3.95. The van der Waals surface area contributed by atoms with Crippen LogP contribution in [0.15, 0.2) is 0 Å². The molecule has 0 amide bonds. The van der Waals surface area contributed by atoms with Gasteiger partial charge in [-0.1, -0.05) is 66.2 Å². The molecule has 2 rings (SSSR count). The molecule has 0 radical (unpaired) electrons. The Morgan fingerprint density at radius 3 is 1.00 bits per heavy atom. The summed E-state index contributed by atoms with van der Waals surface area (Å²) in [5.41, 5.74) is 0. The third-order valence-electron chi connectivity index (χ3n) is 2.55. The highest BCUT2D eigenvalue weighted by Gasteiger charge is 1.95. The average molecular weight is 290 g/mol. The number of hydrogen-bond acceptors (Lipinski definition) is 4. The van der Waals surface area contributed by atoms with Gasteiger partial charge in [-0.05, 0) is 0 Å². The summed E-state index contributed by atoms with van der Waals surface area (Å²) in [5, 5.41) is 6.44. The zero-order valence-electron chi connectivity index (χ0n) is 14.5. The van der Waals surface area contributed by atoms with Crippen molar-refractivity contribution in [2.75, 3.05) is 33.3 Å². The highest BCUT2D eigenvalue weighted by Crippen LogP contribution is 2.15. The molecule has 1 saturated carbocycles. The summed E-state index contributed by atoms with van der Waals surface area (Å²) in [4.78, 5) is 8.95. The molecule has 4 heteroatoms. The molecule has 0 spiro atoms. The van der Waals surface area contributed by atoms with Crippen LogP contribution in [0.4, 0.5) is 0 Å². The summed E-state index contributed by atoms with van der Waals surface area (Å²) in [7, 11) is 1.31. The fraction of sp³-hybridized carbons (Fsp3) is 0.938. The standard InChI is InChI=1S/C6H12.C4H10N2.C2H4O2.2C2H6/c1-2-4-6-5-3-1;1-2-6-4-3-5-1;1-4-2-3;2*1-2/h1-6H2;5-6H,1-4H2;2H,1H3;2*1-2H3. The van der Waals surface area contributed by atoms with Crippen molar-refractivity contribution in [1.29, 1.82) is 0 Å². The first-order valence-corrected chi connectivity index (χ1v) is 8.29. The Kier molecular flexibility index (Phi) is 37.9. The summed E-state index contributed by atoms with van der Waals surface area (Å²) >= 11 is 0. The Balaban J connectivity index is -0.000000196. The molecule has 0 aromatic carbocycles. The molecule has 1 aliphatic carbocycles. The van der Waals surface area contributed by atoms with Gasteiger partial charge in [0.05, 0.1) is 7.11 Å². The predicted molar refractivity (Wildman–Crippen MR) is 89.2 cm³/mol. The maximum Gasteiger partial charge on any atom is 0.292 e. The molecule has 2 N–H and O–H groups in total. The van der Waals surface area contributed by atoms with E-state index >= 15 is 0 Å². The van der Waals surface area contributed by atoms with Crippen molar-refractivity contribution in [3.8, 4) is 0 Å². The van der Waals surface area contributed by atoms with Gasteiger partial charge in [0, 0.05) is 26.2 Å². The molecule has 1 heterocycles. The van der Waals surface area contributed by atoms with Crippen LogP contribution in [0.5, 0.6) is 0 Å². The Hall–Kier alpha value is -0.610. The van der Waals surface area contributed by atoms with E-state index in [9.17, 15) is 0 Å². The fourth-order valence-corrected chi connectivity index (χ4v) is 1.66. The number of piperazine rings is 1. The molecule has 0 aromatic rings. The van der Waals surface area contributed by atoms with Crippen molar-refractivity contribution >= 4 is 6.47 Å². The molecular weight excluding hydrogens is 252 g/mol. The monoisotopic (exact) mass is 290 g/mol. The van der Waals surface area contributed by atoms with Crippen molar-refractivity contribution in [2.45, 2.75) is 66.2 Å². The summed E-state index contributed by atoms with van der Waals surface area (Å²) < 4.78 is 3.86. The van der Waals surface area contributed by atoms with Crippen LogP contribution < -0.4 is 10.6 Å². The first kappa shape index (κ1) is 24.4. The molecule has 4 nitrogen and oxygen atoms in total. The van der Waals surface area contributed by atoms with Gasteiger partial charge in [-0.3, -0.25) is 4.79 Å². The highest BCUT2D eigenvalue weighted by atomic mass is 16.5. The number of methoxy groups -OCH3 is 1. The average Bonchev–Trinajstić information content (AvgIpc) is 2.62. The number of hydrogen-bond donors (Lipinski definition) is 2. The Morgan fingerprint density at radius 2 is 0.900 bits per heavy atom. The normalized spacial score (nSPS) is 16.1. The molecule has 0 aromatic heterocycles. The molecule has 20 heavy (non-hydrogen) atoms. The Bertz CT molecular complexity index is 101. The van der Waals surface area contributed by atoms with E-state index in [2.05, 4.69) is 15.4 Å². The summed E-state index contributed by atoms with van der Waals surface area (Å²) in [6.07, 6.45) is 9.00. The number of rotatable bonds is 1. The number of ether oxygens (including phenoxy) is 1. The molecule has 2 fully saturated rings. The van der Waals surface area contributed by atoms with Crippen LogP contribution in [0, 0.1) is 0 Å². The van der Waals surface area contributed by atoms with Gasteiger partial charge in [0.15, 0.2) is 0 Å². The van der Waals surface area contributed by atoms with E-state index in [0.29, 0.717) is 6.47 Å². The van der Waals surface area contributed by atoms with Gasteiger partial charge < -0.3 is 15.4 Å². The maximum absolute atomic E-state index is 8.95. The van der Waals surface area contributed by atoms with Crippen molar-refractivity contribution < 1.29 is 9.53 Å². The van der Waals surface area contributed by atoms with Gasteiger partial charge in [-0.15, -0.1) is 0 Å². The van der Waals surface area contributed by atoms with Crippen molar-refractivity contribution in [3.63, 3.8) is 0 Å². The van der Waals surface area contributed by atoms with Crippen LogP contribution >= 0.6 is 0 Å². The van der Waals surface area contributed by atoms with E-state index < -0.39 is 0 Å². The van der Waals surface area contributed by atoms with Gasteiger partial charge in [-0.2, -0.15) is 0 Å². The van der Waals surface area contributed by atoms with E-state index in [1.54, 1.807) is 0 Å². The number of carbonyl (C=O) groups excluding carboxylic acids is 1. The lowest BCUT2D eigenvalue weighted by atomic mass is 10.0. The van der Waals surface area contributed by atoms with E-state index in [4.69, 9.17) is 4.79 Å². The van der Waals surface area contributed by atoms with Crippen molar-refractivity contribution in [2.24, 2.45) is 0 Å². The zero-order chi connectivity index (χ0) is 15.9. The topological polar surface area (TPSA) is 50.4 Å². The zero-order valence-corrected chi connectivity index (χ0v) is 14.5. The highest BCUT2D eigenvalue weighted by molar-refractivity contribution is 5.36. The SMILES string of the molecule is C1CCCCC1.C1CNCCN1.CC.CC.COC=O. The minimum atomic E-state index is 0.375. The van der Waals surface area contributed by atoms with Gasteiger partial charge in [0.1, 0.15) is 0 Å². The van der Waals surface area contributed by atoms with E-state index in [1.807, 2.05) is 27.7 Å². The van der Waals surface area contributed by atoms with Crippen LogP contribution in [-0.2, 0) is 9.53 Å². The molecule has 0 atom stereocenters. The van der Waals surface area contributed by atoms with Gasteiger partial charge in [-0.25, -0.2) is 0 Å². The molecular formula is C16H38N2O2. The lowest BCUT2D eigenvalue weighted by Gasteiger charge is -2.11. The second-order valence-electron chi connectivity index (χ2n) is 3.95. The second kappa shape index (κ2) is 31.0. The lowest BCUT2D eigenvalue weighted by molar-refractivity contribution is -0.126. The van der Waals surface area contributed by atoms with Gasteiger partial charge >= 0.3 is 0 Å². The van der Waals surface area contributed by atoms with Crippen LogP contribution in [0.25, 0.3) is 0 Å². The van der Waals surface area contributed by atoms with Crippen LogP contribution in [0.1, 0.15) is 66.2 Å². The third kappa shape index (κ3) is 30.4. The van der Waals surface area contributed by atoms with Crippen LogP contribution in [0.3, 0.4) is 0 Å². The van der Waals surface area contributed by atoms with Gasteiger partial charge in [0.2, 0.25) is 0 Å². The molecule has 0 unspecified atom stereocenters. The molecule has 0 bridgehead atoms. The summed E-state index contributed by atoms with van der Waals surface area (Å²) in [6.45, 7) is 12.9.